The third-order valence-electron chi connectivity index (χ3n) is 4.27. The van der Waals surface area contributed by atoms with Crippen molar-refractivity contribution >= 4 is 11.8 Å². The topological polar surface area (TPSA) is 49.4 Å². The van der Waals surface area contributed by atoms with E-state index in [1.807, 2.05) is 30.3 Å². The van der Waals surface area contributed by atoms with E-state index in [1.54, 1.807) is 4.90 Å². The van der Waals surface area contributed by atoms with Crippen LogP contribution in [0.1, 0.15) is 24.8 Å². The number of nitrogens with zero attached hydrogens (tertiary/aromatic N) is 1. The number of carbonyl (C=O) groups excluding carboxylic acids is 2. The zero-order chi connectivity index (χ0) is 13.3. The maximum absolute atomic E-state index is 12.8. The molecule has 1 aliphatic carbocycles. The molecule has 1 aromatic carbocycles. The fourth-order valence-corrected chi connectivity index (χ4v) is 3.03. The smallest absolute Gasteiger partial charge is 0.239 e. The lowest BCUT2D eigenvalue weighted by Gasteiger charge is -2.44. The van der Waals surface area contributed by atoms with Gasteiger partial charge in [-0.2, -0.15) is 0 Å². The predicted molar refractivity (Wildman–Crippen MR) is 71.6 cm³/mol. The summed E-state index contributed by atoms with van der Waals surface area (Å²) < 4.78 is 0. The molecule has 100 valence electrons. The van der Waals surface area contributed by atoms with E-state index in [1.165, 1.54) is 0 Å². The Hall–Kier alpha value is -1.84. The maximum atomic E-state index is 12.8. The fourth-order valence-electron chi connectivity index (χ4n) is 3.03. The van der Waals surface area contributed by atoms with Crippen LogP contribution in [-0.2, 0) is 15.0 Å². The highest BCUT2D eigenvalue weighted by Gasteiger charge is 2.48. The lowest BCUT2D eigenvalue weighted by Crippen LogP contribution is -2.57. The van der Waals surface area contributed by atoms with Gasteiger partial charge in [0.1, 0.15) is 0 Å². The predicted octanol–water partition coefficient (Wildman–Crippen LogP) is 1.07. The van der Waals surface area contributed by atoms with Crippen LogP contribution in [0.4, 0.5) is 0 Å². The van der Waals surface area contributed by atoms with Crippen LogP contribution in [0, 0.1) is 0 Å². The largest absolute Gasteiger partial charge is 0.353 e. The van der Waals surface area contributed by atoms with Crippen LogP contribution in [0.25, 0.3) is 0 Å². The summed E-state index contributed by atoms with van der Waals surface area (Å²) in [7, 11) is 0. The van der Waals surface area contributed by atoms with Gasteiger partial charge in [0.05, 0.1) is 12.0 Å². The minimum Gasteiger partial charge on any atom is -0.353 e. The normalized spacial score (nSPS) is 21.5. The minimum absolute atomic E-state index is 0.0536. The van der Waals surface area contributed by atoms with Gasteiger partial charge in [0.2, 0.25) is 11.8 Å². The van der Waals surface area contributed by atoms with E-state index in [2.05, 4.69) is 5.32 Å². The van der Waals surface area contributed by atoms with E-state index in [0.717, 1.165) is 24.8 Å². The van der Waals surface area contributed by atoms with Crippen molar-refractivity contribution in [3.63, 3.8) is 0 Å². The molecule has 0 radical (unpaired) electrons. The number of hydrogen-bond acceptors (Lipinski definition) is 2. The highest BCUT2D eigenvalue weighted by atomic mass is 16.2. The molecule has 19 heavy (non-hydrogen) atoms. The molecule has 1 aromatic rings. The van der Waals surface area contributed by atoms with Crippen LogP contribution >= 0.6 is 0 Å². The Bertz CT molecular complexity index is 494. The van der Waals surface area contributed by atoms with Crippen molar-refractivity contribution in [2.75, 3.05) is 19.6 Å². The first-order valence-corrected chi connectivity index (χ1v) is 6.84. The van der Waals surface area contributed by atoms with Gasteiger partial charge in [-0.25, -0.2) is 0 Å². The molecule has 1 aliphatic heterocycles. The molecule has 4 nitrogen and oxygen atoms in total. The third-order valence-corrected chi connectivity index (χ3v) is 4.27. The molecule has 1 saturated carbocycles. The Morgan fingerprint density at radius 3 is 2.53 bits per heavy atom. The Morgan fingerprint density at radius 1 is 1.21 bits per heavy atom. The van der Waals surface area contributed by atoms with E-state index in [-0.39, 0.29) is 23.8 Å². The van der Waals surface area contributed by atoms with Crippen LogP contribution in [0.15, 0.2) is 30.3 Å². The lowest BCUT2D eigenvalue weighted by molar-refractivity contribution is -0.145. The molecule has 0 spiro atoms. The monoisotopic (exact) mass is 258 g/mol. The number of piperazine rings is 1. The zero-order valence-electron chi connectivity index (χ0n) is 10.9. The number of benzene rings is 1. The molecular formula is C15H18N2O2. The molecule has 3 rings (SSSR count). The second kappa shape index (κ2) is 4.68. The van der Waals surface area contributed by atoms with E-state index >= 15 is 0 Å². The second-order valence-electron chi connectivity index (χ2n) is 5.38. The summed E-state index contributed by atoms with van der Waals surface area (Å²) in [5, 5.41) is 2.76. The van der Waals surface area contributed by atoms with Crippen molar-refractivity contribution in [3.8, 4) is 0 Å². The first kappa shape index (κ1) is 12.2. The number of nitrogens with one attached hydrogen (secondary N) is 1. The van der Waals surface area contributed by atoms with Crippen LogP contribution < -0.4 is 5.32 Å². The SMILES string of the molecule is O=C1CN(C(=O)C2(c3ccccc3)CCC2)CCN1. The molecule has 0 atom stereocenters. The highest BCUT2D eigenvalue weighted by molar-refractivity contribution is 5.93. The molecule has 0 bridgehead atoms. The van der Waals surface area contributed by atoms with Gasteiger partial charge >= 0.3 is 0 Å². The van der Waals surface area contributed by atoms with Crippen molar-refractivity contribution in [1.82, 2.24) is 10.2 Å². The average molecular weight is 258 g/mol. The Balaban J connectivity index is 1.86. The molecule has 2 amide bonds. The maximum Gasteiger partial charge on any atom is 0.239 e. The minimum atomic E-state index is -0.376. The standard InChI is InChI=1S/C15H18N2O2/c18-13-11-17(10-9-16-13)14(19)15(7-4-8-15)12-5-2-1-3-6-12/h1-3,5-6H,4,7-11H2,(H,16,18). The third kappa shape index (κ3) is 2.01. The molecule has 0 aromatic heterocycles. The first-order chi connectivity index (χ1) is 9.22. The lowest BCUT2D eigenvalue weighted by atomic mass is 9.63. The van der Waals surface area contributed by atoms with E-state index in [9.17, 15) is 9.59 Å². The highest BCUT2D eigenvalue weighted by Crippen LogP contribution is 2.45. The van der Waals surface area contributed by atoms with Gasteiger partial charge in [0, 0.05) is 13.1 Å². The number of carbonyl (C=O) groups is 2. The summed E-state index contributed by atoms with van der Waals surface area (Å²) >= 11 is 0. The summed E-state index contributed by atoms with van der Waals surface area (Å²) in [4.78, 5) is 26.0. The Kier molecular flexibility index (Phi) is 3.01. The van der Waals surface area contributed by atoms with Crippen molar-refractivity contribution in [3.05, 3.63) is 35.9 Å². The summed E-state index contributed by atoms with van der Waals surface area (Å²) in [5.74, 6) is 0.0712. The summed E-state index contributed by atoms with van der Waals surface area (Å²) in [6.07, 6.45) is 2.88. The van der Waals surface area contributed by atoms with Gasteiger partial charge in [-0.1, -0.05) is 36.8 Å². The Labute approximate surface area is 112 Å². The zero-order valence-corrected chi connectivity index (χ0v) is 10.9. The van der Waals surface area contributed by atoms with Gasteiger partial charge < -0.3 is 10.2 Å². The van der Waals surface area contributed by atoms with Crippen LogP contribution in [0.3, 0.4) is 0 Å². The van der Waals surface area contributed by atoms with E-state index in [4.69, 9.17) is 0 Å². The van der Waals surface area contributed by atoms with Crippen LogP contribution in [0.2, 0.25) is 0 Å². The molecule has 0 unspecified atom stereocenters. The van der Waals surface area contributed by atoms with E-state index < -0.39 is 0 Å². The molecule has 2 fully saturated rings. The molecule has 4 heteroatoms. The van der Waals surface area contributed by atoms with Crippen LogP contribution in [0.5, 0.6) is 0 Å². The summed E-state index contributed by atoms with van der Waals surface area (Å²) in [6.45, 7) is 1.39. The number of amides is 2. The molecule has 1 heterocycles. The Morgan fingerprint density at radius 2 is 1.95 bits per heavy atom. The number of rotatable bonds is 2. The molecule has 1 saturated heterocycles. The van der Waals surface area contributed by atoms with Gasteiger partial charge in [0.25, 0.3) is 0 Å². The van der Waals surface area contributed by atoms with Crippen LogP contribution in [-0.4, -0.2) is 36.3 Å². The second-order valence-corrected chi connectivity index (χ2v) is 5.38. The average Bonchev–Trinajstić information content (AvgIpc) is 2.38. The van der Waals surface area contributed by atoms with Crippen molar-refractivity contribution in [2.45, 2.75) is 24.7 Å². The van der Waals surface area contributed by atoms with Crippen molar-refractivity contribution in [2.24, 2.45) is 0 Å². The summed E-state index contributed by atoms with van der Waals surface area (Å²) in [6, 6.07) is 9.98. The van der Waals surface area contributed by atoms with Gasteiger partial charge in [-0.3, -0.25) is 9.59 Å². The van der Waals surface area contributed by atoms with Gasteiger partial charge in [-0.05, 0) is 18.4 Å². The molecule has 1 N–H and O–H groups in total. The number of hydrogen-bond donors (Lipinski definition) is 1. The quantitative estimate of drug-likeness (QED) is 0.862. The summed E-state index contributed by atoms with van der Waals surface area (Å²) in [5.41, 5.74) is 0.719. The van der Waals surface area contributed by atoms with Gasteiger partial charge in [0.15, 0.2) is 0 Å². The van der Waals surface area contributed by atoms with Gasteiger partial charge in [-0.15, -0.1) is 0 Å². The molecular weight excluding hydrogens is 240 g/mol. The van der Waals surface area contributed by atoms with Crippen molar-refractivity contribution in [1.29, 1.82) is 0 Å². The van der Waals surface area contributed by atoms with Crippen molar-refractivity contribution < 1.29 is 9.59 Å². The first-order valence-electron chi connectivity index (χ1n) is 6.84. The molecule has 2 aliphatic rings. The van der Waals surface area contributed by atoms with E-state index in [0.29, 0.717) is 13.1 Å². The fraction of sp³-hybridized carbons (Fsp3) is 0.467.